The molecule has 0 aromatic heterocycles. The predicted octanol–water partition coefficient (Wildman–Crippen LogP) is 5.09. The standard InChI is InChI=1S/C19H39NO2/c1-18(21)16-14-12-10-8-6-4-2-3-5-7-9-11-13-15-17-19(20)22/h18,21H,2-17H2,1H3,(H2,20,22). The second-order valence-electron chi connectivity index (χ2n) is 6.80. The van der Waals surface area contributed by atoms with E-state index in [-0.39, 0.29) is 12.0 Å². The molecule has 0 saturated heterocycles. The third-order valence-corrected chi connectivity index (χ3v) is 4.30. The van der Waals surface area contributed by atoms with Crippen molar-refractivity contribution in [1.82, 2.24) is 0 Å². The van der Waals surface area contributed by atoms with Gasteiger partial charge in [0.25, 0.3) is 0 Å². The Bertz CT molecular complexity index is 242. The summed E-state index contributed by atoms with van der Waals surface area (Å²) in [5, 5.41) is 9.16. The van der Waals surface area contributed by atoms with Gasteiger partial charge in [-0.15, -0.1) is 0 Å². The predicted molar refractivity (Wildman–Crippen MR) is 94.7 cm³/mol. The van der Waals surface area contributed by atoms with Crippen molar-refractivity contribution < 1.29 is 9.90 Å². The molecule has 22 heavy (non-hydrogen) atoms. The summed E-state index contributed by atoms with van der Waals surface area (Å²) >= 11 is 0. The molecule has 0 fully saturated rings. The van der Waals surface area contributed by atoms with Gasteiger partial charge in [0.05, 0.1) is 6.10 Å². The molecule has 3 heteroatoms. The van der Waals surface area contributed by atoms with Crippen molar-refractivity contribution in [2.75, 3.05) is 0 Å². The van der Waals surface area contributed by atoms with Crippen molar-refractivity contribution in [3.63, 3.8) is 0 Å². The molecule has 0 radical (unpaired) electrons. The van der Waals surface area contributed by atoms with E-state index in [1.54, 1.807) is 0 Å². The molecule has 0 aliphatic rings. The number of primary amides is 1. The number of carbonyl (C=O) groups excluding carboxylic acids is 1. The molecule has 3 nitrogen and oxygen atoms in total. The van der Waals surface area contributed by atoms with Crippen molar-refractivity contribution in [3.05, 3.63) is 0 Å². The van der Waals surface area contributed by atoms with Crippen LogP contribution in [0, 0.1) is 0 Å². The normalized spacial score (nSPS) is 12.5. The van der Waals surface area contributed by atoms with E-state index >= 15 is 0 Å². The maximum absolute atomic E-state index is 10.6. The molecule has 0 saturated carbocycles. The van der Waals surface area contributed by atoms with Crippen molar-refractivity contribution in [1.29, 1.82) is 0 Å². The summed E-state index contributed by atoms with van der Waals surface area (Å²) < 4.78 is 0. The lowest BCUT2D eigenvalue weighted by Crippen LogP contribution is -2.09. The summed E-state index contributed by atoms with van der Waals surface area (Å²) in [4.78, 5) is 10.6. The van der Waals surface area contributed by atoms with E-state index in [1.165, 1.54) is 77.0 Å². The Morgan fingerprint density at radius 2 is 1.05 bits per heavy atom. The van der Waals surface area contributed by atoms with E-state index in [4.69, 9.17) is 10.8 Å². The quantitative estimate of drug-likeness (QED) is 0.367. The zero-order valence-corrected chi connectivity index (χ0v) is 14.8. The number of carbonyl (C=O) groups is 1. The van der Waals surface area contributed by atoms with Crippen LogP contribution >= 0.6 is 0 Å². The van der Waals surface area contributed by atoms with Crippen LogP contribution in [0.4, 0.5) is 0 Å². The van der Waals surface area contributed by atoms with Crippen LogP contribution in [0.1, 0.15) is 110 Å². The van der Waals surface area contributed by atoms with Crippen LogP contribution in [-0.4, -0.2) is 17.1 Å². The Kier molecular flexibility index (Phi) is 16.4. The number of unbranched alkanes of at least 4 members (excludes halogenated alkanes) is 13. The lowest BCUT2D eigenvalue weighted by atomic mass is 10.0. The fraction of sp³-hybridized carbons (Fsp3) is 0.947. The topological polar surface area (TPSA) is 63.3 Å². The Labute approximate surface area is 138 Å². The minimum Gasteiger partial charge on any atom is -0.393 e. The second kappa shape index (κ2) is 16.8. The Hall–Kier alpha value is -0.570. The Morgan fingerprint density at radius 1 is 0.727 bits per heavy atom. The first kappa shape index (κ1) is 21.4. The highest BCUT2D eigenvalue weighted by molar-refractivity contribution is 5.73. The van der Waals surface area contributed by atoms with Crippen LogP contribution in [-0.2, 0) is 4.79 Å². The van der Waals surface area contributed by atoms with Gasteiger partial charge >= 0.3 is 0 Å². The molecule has 1 unspecified atom stereocenters. The fourth-order valence-electron chi connectivity index (χ4n) is 2.86. The van der Waals surface area contributed by atoms with E-state index in [9.17, 15) is 4.79 Å². The molecule has 0 aliphatic heterocycles. The van der Waals surface area contributed by atoms with Crippen LogP contribution in [0.15, 0.2) is 0 Å². The molecule has 0 aliphatic carbocycles. The van der Waals surface area contributed by atoms with Gasteiger partial charge in [0.1, 0.15) is 0 Å². The SMILES string of the molecule is CC(O)CCCCCCCCCCCCCCCCC(N)=O. The van der Waals surface area contributed by atoms with E-state index in [0.29, 0.717) is 6.42 Å². The first-order valence-corrected chi connectivity index (χ1v) is 9.59. The lowest BCUT2D eigenvalue weighted by Gasteiger charge is -2.04. The van der Waals surface area contributed by atoms with Gasteiger partial charge in [0, 0.05) is 6.42 Å². The van der Waals surface area contributed by atoms with Gasteiger partial charge in [-0.05, 0) is 19.8 Å². The van der Waals surface area contributed by atoms with Gasteiger partial charge in [-0.1, -0.05) is 83.5 Å². The number of aliphatic hydroxyl groups excluding tert-OH is 1. The molecule has 1 amide bonds. The van der Waals surface area contributed by atoms with Crippen LogP contribution in [0.5, 0.6) is 0 Å². The van der Waals surface area contributed by atoms with E-state index in [2.05, 4.69) is 0 Å². The minimum absolute atomic E-state index is 0.122. The number of amides is 1. The Balaban J connectivity index is 2.98. The molecule has 0 spiro atoms. The van der Waals surface area contributed by atoms with Gasteiger partial charge in [-0.2, -0.15) is 0 Å². The summed E-state index contributed by atoms with van der Waals surface area (Å²) in [7, 11) is 0. The van der Waals surface area contributed by atoms with Crippen LogP contribution in [0.25, 0.3) is 0 Å². The average Bonchev–Trinajstić information content (AvgIpc) is 2.46. The van der Waals surface area contributed by atoms with Crippen molar-refractivity contribution >= 4 is 5.91 Å². The number of hydrogen-bond acceptors (Lipinski definition) is 2. The summed E-state index contributed by atoms with van der Waals surface area (Å²) in [5.74, 6) is -0.164. The molecule has 0 rings (SSSR count). The van der Waals surface area contributed by atoms with Gasteiger partial charge in [-0.3, -0.25) is 4.79 Å². The zero-order chi connectivity index (χ0) is 16.5. The highest BCUT2D eigenvalue weighted by Gasteiger charge is 1.97. The second-order valence-corrected chi connectivity index (χ2v) is 6.80. The molecule has 0 aromatic rings. The molecule has 1 atom stereocenters. The number of aliphatic hydroxyl groups is 1. The van der Waals surface area contributed by atoms with Crippen LogP contribution in [0.3, 0.4) is 0 Å². The molecular formula is C19H39NO2. The molecule has 132 valence electrons. The average molecular weight is 314 g/mol. The van der Waals surface area contributed by atoms with Crippen molar-refractivity contribution in [3.8, 4) is 0 Å². The fourth-order valence-corrected chi connectivity index (χ4v) is 2.86. The number of rotatable bonds is 17. The van der Waals surface area contributed by atoms with Gasteiger partial charge in [-0.25, -0.2) is 0 Å². The maximum Gasteiger partial charge on any atom is 0.217 e. The summed E-state index contributed by atoms with van der Waals surface area (Å²) in [5.41, 5.74) is 5.11. The largest absolute Gasteiger partial charge is 0.393 e. The lowest BCUT2D eigenvalue weighted by molar-refractivity contribution is -0.118. The maximum atomic E-state index is 10.6. The monoisotopic (exact) mass is 313 g/mol. The number of hydrogen-bond donors (Lipinski definition) is 2. The van der Waals surface area contributed by atoms with E-state index < -0.39 is 0 Å². The smallest absolute Gasteiger partial charge is 0.217 e. The summed E-state index contributed by atoms with van der Waals surface area (Å²) in [6.07, 6.45) is 19.4. The van der Waals surface area contributed by atoms with Crippen LogP contribution in [0.2, 0.25) is 0 Å². The van der Waals surface area contributed by atoms with E-state index in [0.717, 1.165) is 19.3 Å². The third kappa shape index (κ3) is 19.4. The molecule has 3 N–H and O–H groups in total. The number of nitrogens with two attached hydrogens (primary N) is 1. The first-order chi connectivity index (χ1) is 10.6. The zero-order valence-electron chi connectivity index (χ0n) is 14.8. The summed E-state index contributed by atoms with van der Waals surface area (Å²) in [6.45, 7) is 1.88. The first-order valence-electron chi connectivity index (χ1n) is 9.59. The Morgan fingerprint density at radius 3 is 1.36 bits per heavy atom. The molecular weight excluding hydrogens is 274 g/mol. The van der Waals surface area contributed by atoms with E-state index in [1.807, 2.05) is 6.92 Å². The molecule has 0 bridgehead atoms. The third-order valence-electron chi connectivity index (χ3n) is 4.30. The molecule has 0 heterocycles. The highest BCUT2D eigenvalue weighted by atomic mass is 16.3. The van der Waals surface area contributed by atoms with Crippen molar-refractivity contribution in [2.45, 2.75) is 116 Å². The van der Waals surface area contributed by atoms with Gasteiger partial charge in [0.2, 0.25) is 5.91 Å². The summed E-state index contributed by atoms with van der Waals surface area (Å²) in [6, 6.07) is 0. The minimum atomic E-state index is -0.164. The van der Waals surface area contributed by atoms with Crippen molar-refractivity contribution in [2.24, 2.45) is 5.73 Å². The molecule has 0 aromatic carbocycles. The van der Waals surface area contributed by atoms with Gasteiger partial charge in [0.15, 0.2) is 0 Å². The van der Waals surface area contributed by atoms with Gasteiger partial charge < -0.3 is 10.8 Å². The van der Waals surface area contributed by atoms with Crippen LogP contribution < -0.4 is 5.73 Å². The highest BCUT2D eigenvalue weighted by Crippen LogP contribution is 2.13.